The van der Waals surface area contributed by atoms with E-state index >= 15 is 0 Å². The van der Waals surface area contributed by atoms with Gasteiger partial charge in [-0.25, -0.2) is 18.0 Å². The van der Waals surface area contributed by atoms with E-state index in [1.165, 1.54) is 4.90 Å². The number of nitrogens with zero attached hydrogens (tertiary/aromatic N) is 1. The minimum absolute atomic E-state index is 0.0113. The molecular formula is C25H32N2O6S. The maximum absolute atomic E-state index is 13.4. The second-order valence-corrected chi connectivity index (χ2v) is 11.6. The molecule has 2 aromatic rings. The predicted octanol–water partition coefficient (Wildman–Crippen LogP) is 4.07. The van der Waals surface area contributed by atoms with E-state index < -0.39 is 38.9 Å². The summed E-state index contributed by atoms with van der Waals surface area (Å²) in [6.45, 7) is 7.33. The van der Waals surface area contributed by atoms with Crippen LogP contribution in [0, 0.1) is 6.92 Å². The number of carbonyl (C=O) groups excluding carboxylic acids is 2. The minimum atomic E-state index is -3.77. The Hall–Kier alpha value is -3.07. The van der Waals surface area contributed by atoms with Crippen LogP contribution in [-0.2, 0) is 25.9 Å². The fourth-order valence-electron chi connectivity index (χ4n) is 3.78. The highest BCUT2D eigenvalue weighted by Crippen LogP contribution is 2.26. The van der Waals surface area contributed by atoms with Gasteiger partial charge >= 0.3 is 12.2 Å². The van der Waals surface area contributed by atoms with Crippen LogP contribution in [0.3, 0.4) is 0 Å². The highest BCUT2D eigenvalue weighted by Gasteiger charge is 2.42. The molecule has 184 valence electrons. The van der Waals surface area contributed by atoms with Gasteiger partial charge < -0.3 is 19.7 Å². The van der Waals surface area contributed by atoms with Crippen molar-refractivity contribution in [3.8, 4) is 0 Å². The number of piperidine rings is 1. The first-order chi connectivity index (χ1) is 16.0. The van der Waals surface area contributed by atoms with Crippen LogP contribution < -0.4 is 5.32 Å². The number of rotatable bonds is 5. The number of hydrogen-bond acceptors (Lipinski definition) is 6. The molecule has 1 fully saturated rings. The highest BCUT2D eigenvalue weighted by molar-refractivity contribution is 7.92. The first-order valence-electron chi connectivity index (χ1n) is 11.2. The largest absolute Gasteiger partial charge is 0.445 e. The van der Waals surface area contributed by atoms with Crippen molar-refractivity contribution in [3.05, 3.63) is 65.7 Å². The lowest BCUT2D eigenvalue weighted by molar-refractivity contribution is 0.0453. The average Bonchev–Trinajstić information content (AvgIpc) is 2.77. The fourth-order valence-corrected chi connectivity index (χ4v) is 5.65. The molecule has 34 heavy (non-hydrogen) atoms. The van der Waals surface area contributed by atoms with Crippen molar-refractivity contribution in [2.75, 3.05) is 13.1 Å². The topological polar surface area (TPSA) is 102 Å². The Bertz CT molecular complexity index is 1090. The summed E-state index contributed by atoms with van der Waals surface area (Å²) in [5.41, 5.74) is 1.03. The quantitative estimate of drug-likeness (QED) is 0.681. The van der Waals surface area contributed by atoms with E-state index in [4.69, 9.17) is 9.47 Å². The van der Waals surface area contributed by atoms with Crippen LogP contribution in [0.5, 0.6) is 0 Å². The molecule has 1 N–H and O–H groups in total. The maximum Gasteiger partial charge on any atom is 0.410 e. The summed E-state index contributed by atoms with van der Waals surface area (Å²) < 4.78 is 37.6. The third kappa shape index (κ3) is 6.72. The summed E-state index contributed by atoms with van der Waals surface area (Å²) in [7, 11) is -3.77. The van der Waals surface area contributed by atoms with Crippen molar-refractivity contribution in [1.82, 2.24) is 10.2 Å². The van der Waals surface area contributed by atoms with Crippen LogP contribution in [0.1, 0.15) is 38.3 Å². The Kier molecular flexibility index (Phi) is 7.86. The summed E-state index contributed by atoms with van der Waals surface area (Å²) >= 11 is 0. The van der Waals surface area contributed by atoms with Crippen molar-refractivity contribution < 1.29 is 27.5 Å². The molecule has 2 amide bonds. The fraction of sp³-hybridized carbons (Fsp3) is 0.440. The van der Waals surface area contributed by atoms with E-state index in [0.29, 0.717) is 0 Å². The Morgan fingerprint density at radius 2 is 1.71 bits per heavy atom. The molecule has 1 aliphatic heterocycles. The number of alkyl carbamates (subject to hydrolysis) is 1. The molecular weight excluding hydrogens is 456 g/mol. The Balaban J connectivity index is 1.77. The van der Waals surface area contributed by atoms with Crippen LogP contribution in [-0.4, -0.2) is 55.5 Å². The molecule has 2 unspecified atom stereocenters. The Labute approximate surface area is 201 Å². The van der Waals surface area contributed by atoms with Gasteiger partial charge in [-0.1, -0.05) is 48.0 Å². The van der Waals surface area contributed by atoms with Gasteiger partial charge in [-0.3, -0.25) is 0 Å². The van der Waals surface area contributed by atoms with Crippen molar-refractivity contribution in [2.45, 2.75) is 62.5 Å². The standard InChI is InChI=1S/C25H32N2O6S/c1-18-10-12-20(13-11-18)34(30,31)22-14-15-27(16-21(22)26-23(28)33-25(2,3)4)24(29)32-17-19-8-6-5-7-9-19/h5-13,21-22H,14-17H2,1-4H3,(H,26,28). The highest BCUT2D eigenvalue weighted by atomic mass is 32.2. The van der Waals surface area contributed by atoms with Gasteiger partial charge in [0.05, 0.1) is 16.2 Å². The molecule has 0 saturated carbocycles. The number of benzene rings is 2. The minimum Gasteiger partial charge on any atom is -0.445 e. The summed E-state index contributed by atoms with van der Waals surface area (Å²) in [6.07, 6.45) is -1.15. The molecule has 2 atom stereocenters. The van der Waals surface area contributed by atoms with E-state index in [9.17, 15) is 18.0 Å². The van der Waals surface area contributed by atoms with Gasteiger partial charge in [0.15, 0.2) is 9.84 Å². The van der Waals surface area contributed by atoms with Crippen LogP contribution >= 0.6 is 0 Å². The lowest BCUT2D eigenvalue weighted by Gasteiger charge is -2.38. The molecule has 0 radical (unpaired) electrons. The van der Waals surface area contributed by atoms with Crippen molar-refractivity contribution in [2.24, 2.45) is 0 Å². The number of carbonyl (C=O) groups is 2. The lowest BCUT2D eigenvalue weighted by atomic mass is 10.1. The SMILES string of the molecule is Cc1ccc(S(=O)(=O)C2CCN(C(=O)OCc3ccccc3)CC2NC(=O)OC(C)(C)C)cc1. The van der Waals surface area contributed by atoms with Crippen LogP contribution in [0.4, 0.5) is 9.59 Å². The zero-order chi connectivity index (χ0) is 24.9. The second-order valence-electron chi connectivity index (χ2n) is 9.42. The molecule has 0 bridgehead atoms. The molecule has 1 aliphatic rings. The maximum atomic E-state index is 13.4. The van der Waals surface area contributed by atoms with Crippen molar-refractivity contribution in [3.63, 3.8) is 0 Å². The molecule has 3 rings (SSSR count). The second kappa shape index (κ2) is 10.5. The molecule has 1 saturated heterocycles. The van der Waals surface area contributed by atoms with Gasteiger partial charge in [0.1, 0.15) is 12.2 Å². The normalized spacial score (nSPS) is 18.8. The average molecular weight is 489 g/mol. The van der Waals surface area contributed by atoms with Gasteiger partial charge in [-0.2, -0.15) is 0 Å². The number of likely N-dealkylation sites (tertiary alicyclic amines) is 1. The molecule has 0 aromatic heterocycles. The smallest absolute Gasteiger partial charge is 0.410 e. The van der Waals surface area contributed by atoms with Crippen LogP contribution in [0.2, 0.25) is 0 Å². The van der Waals surface area contributed by atoms with Gasteiger partial charge in [0, 0.05) is 13.1 Å². The van der Waals surface area contributed by atoms with E-state index in [-0.39, 0.29) is 31.0 Å². The third-order valence-electron chi connectivity index (χ3n) is 5.46. The van der Waals surface area contributed by atoms with Crippen molar-refractivity contribution in [1.29, 1.82) is 0 Å². The number of sulfone groups is 1. The number of amides is 2. The van der Waals surface area contributed by atoms with E-state index in [2.05, 4.69) is 5.32 Å². The number of nitrogens with one attached hydrogen (secondary N) is 1. The van der Waals surface area contributed by atoms with Crippen LogP contribution in [0.15, 0.2) is 59.5 Å². The Morgan fingerprint density at radius 3 is 2.32 bits per heavy atom. The number of hydrogen-bond donors (Lipinski definition) is 1. The van der Waals surface area contributed by atoms with E-state index in [0.717, 1.165) is 11.1 Å². The summed E-state index contributed by atoms with van der Waals surface area (Å²) in [4.78, 5) is 26.8. The third-order valence-corrected chi connectivity index (χ3v) is 7.75. The molecule has 1 heterocycles. The first kappa shape index (κ1) is 25.6. The van der Waals surface area contributed by atoms with Crippen molar-refractivity contribution >= 4 is 22.0 Å². The first-order valence-corrected chi connectivity index (χ1v) is 12.8. The van der Waals surface area contributed by atoms with Crippen LogP contribution in [0.25, 0.3) is 0 Å². The summed E-state index contributed by atoms with van der Waals surface area (Å²) in [5.74, 6) is 0. The number of ether oxygens (including phenoxy) is 2. The molecule has 9 heteroatoms. The number of aryl methyl sites for hydroxylation is 1. The van der Waals surface area contributed by atoms with Gasteiger partial charge in [-0.15, -0.1) is 0 Å². The Morgan fingerprint density at radius 1 is 1.06 bits per heavy atom. The predicted molar refractivity (Wildman–Crippen MR) is 128 cm³/mol. The van der Waals surface area contributed by atoms with Gasteiger partial charge in [0.25, 0.3) is 0 Å². The van der Waals surface area contributed by atoms with E-state index in [1.54, 1.807) is 45.0 Å². The molecule has 0 aliphatic carbocycles. The molecule has 0 spiro atoms. The van der Waals surface area contributed by atoms with E-state index in [1.807, 2.05) is 37.3 Å². The zero-order valence-corrected chi connectivity index (χ0v) is 20.8. The summed E-state index contributed by atoms with van der Waals surface area (Å²) in [6, 6.07) is 15.0. The molecule has 2 aromatic carbocycles. The lowest BCUT2D eigenvalue weighted by Crippen LogP contribution is -2.59. The molecule has 8 nitrogen and oxygen atoms in total. The monoisotopic (exact) mass is 488 g/mol. The van der Waals surface area contributed by atoms with Gasteiger partial charge in [0.2, 0.25) is 0 Å². The summed E-state index contributed by atoms with van der Waals surface area (Å²) in [5, 5.41) is 1.77. The van der Waals surface area contributed by atoms with Gasteiger partial charge in [-0.05, 0) is 51.8 Å². The zero-order valence-electron chi connectivity index (χ0n) is 20.0.